The highest BCUT2D eigenvalue weighted by Gasteiger charge is 2.63. The first-order valence-electron chi connectivity index (χ1n) is 5.40. The van der Waals surface area contributed by atoms with Crippen molar-refractivity contribution in [2.45, 2.75) is 38.5 Å². The van der Waals surface area contributed by atoms with E-state index in [0.29, 0.717) is 0 Å². The molecule has 0 aromatic heterocycles. The Labute approximate surface area is 93.0 Å². The SMILES string of the molecule is C=C[C@@H]1[C@@H]2O[C@H]([C@@H](O)[C@@H]1C(C)C)C(F)(F)O2. The molecule has 3 nitrogen and oxygen atoms in total. The molecule has 5 heteroatoms. The minimum atomic E-state index is -3.41. The van der Waals surface area contributed by atoms with Crippen LogP contribution in [0.1, 0.15) is 13.8 Å². The van der Waals surface area contributed by atoms with Gasteiger partial charge in [-0.05, 0) is 5.92 Å². The zero-order valence-electron chi connectivity index (χ0n) is 9.27. The van der Waals surface area contributed by atoms with Crippen molar-refractivity contribution in [3.8, 4) is 0 Å². The van der Waals surface area contributed by atoms with Gasteiger partial charge in [-0.25, -0.2) is 0 Å². The fourth-order valence-corrected chi connectivity index (χ4v) is 2.64. The molecular weight excluding hydrogens is 218 g/mol. The molecule has 1 N–H and O–H groups in total. The van der Waals surface area contributed by atoms with Gasteiger partial charge in [0.25, 0.3) is 0 Å². The molecule has 2 fully saturated rings. The molecule has 0 spiro atoms. The Hall–Kier alpha value is -0.520. The van der Waals surface area contributed by atoms with E-state index in [1.807, 2.05) is 13.8 Å². The molecule has 0 aromatic carbocycles. The molecule has 2 heterocycles. The molecular formula is C11H16F2O3. The van der Waals surface area contributed by atoms with Crippen LogP contribution in [0.3, 0.4) is 0 Å². The van der Waals surface area contributed by atoms with Crippen LogP contribution in [0.5, 0.6) is 0 Å². The summed E-state index contributed by atoms with van der Waals surface area (Å²) < 4.78 is 36.3. The summed E-state index contributed by atoms with van der Waals surface area (Å²) in [7, 11) is 0. The van der Waals surface area contributed by atoms with Crippen LogP contribution in [0.2, 0.25) is 0 Å². The molecule has 2 bridgehead atoms. The van der Waals surface area contributed by atoms with Crippen LogP contribution in [0.4, 0.5) is 8.78 Å². The third-order valence-corrected chi connectivity index (χ3v) is 3.39. The van der Waals surface area contributed by atoms with E-state index >= 15 is 0 Å². The van der Waals surface area contributed by atoms with Gasteiger partial charge >= 0.3 is 6.11 Å². The first-order chi connectivity index (χ1) is 7.38. The van der Waals surface area contributed by atoms with Crippen LogP contribution >= 0.6 is 0 Å². The lowest BCUT2D eigenvalue weighted by atomic mass is 9.76. The Kier molecular flexibility index (Phi) is 2.80. The van der Waals surface area contributed by atoms with E-state index < -0.39 is 30.5 Å². The minimum Gasteiger partial charge on any atom is -0.390 e. The van der Waals surface area contributed by atoms with Crippen molar-refractivity contribution < 1.29 is 23.4 Å². The second kappa shape index (κ2) is 3.75. The summed E-state index contributed by atoms with van der Waals surface area (Å²) in [5, 5.41) is 9.93. The zero-order chi connectivity index (χ0) is 12.1. The average molecular weight is 234 g/mol. The van der Waals surface area contributed by atoms with Gasteiger partial charge in [0.15, 0.2) is 12.4 Å². The quantitative estimate of drug-likeness (QED) is 0.740. The van der Waals surface area contributed by atoms with Crippen LogP contribution in [-0.2, 0) is 9.47 Å². The van der Waals surface area contributed by atoms with Crippen LogP contribution in [0.15, 0.2) is 12.7 Å². The summed E-state index contributed by atoms with van der Waals surface area (Å²) in [6, 6.07) is 0. The van der Waals surface area contributed by atoms with Crippen LogP contribution in [0, 0.1) is 17.8 Å². The number of ether oxygens (including phenoxy) is 2. The molecule has 0 amide bonds. The molecule has 2 rings (SSSR count). The second-order valence-electron chi connectivity index (χ2n) is 4.73. The maximum absolute atomic E-state index is 13.4. The summed E-state index contributed by atoms with van der Waals surface area (Å²) in [6.07, 6.45) is -5.66. The summed E-state index contributed by atoms with van der Waals surface area (Å²) >= 11 is 0. The van der Waals surface area contributed by atoms with Gasteiger partial charge in [-0.3, -0.25) is 4.74 Å². The Morgan fingerprint density at radius 2 is 2.06 bits per heavy atom. The maximum atomic E-state index is 13.4. The highest BCUT2D eigenvalue weighted by molar-refractivity contribution is 5.03. The molecule has 0 radical (unpaired) electrons. The van der Waals surface area contributed by atoms with Crippen molar-refractivity contribution in [1.82, 2.24) is 0 Å². The summed E-state index contributed by atoms with van der Waals surface area (Å²) in [6.45, 7) is 7.36. The fraction of sp³-hybridized carbons (Fsp3) is 0.818. The third kappa shape index (κ3) is 1.58. The summed E-state index contributed by atoms with van der Waals surface area (Å²) in [5.74, 6) is -0.654. The number of fused-ring (bicyclic) bond motifs is 2. The van der Waals surface area contributed by atoms with Gasteiger partial charge in [-0.1, -0.05) is 19.9 Å². The number of alkyl halides is 2. The minimum absolute atomic E-state index is 0.0596. The van der Waals surface area contributed by atoms with Crippen molar-refractivity contribution >= 4 is 0 Å². The smallest absolute Gasteiger partial charge is 0.386 e. The number of halogens is 2. The largest absolute Gasteiger partial charge is 0.390 e. The van der Waals surface area contributed by atoms with Gasteiger partial charge < -0.3 is 9.84 Å². The lowest BCUT2D eigenvalue weighted by molar-refractivity contribution is -0.235. The lowest BCUT2D eigenvalue weighted by Gasteiger charge is -2.39. The predicted molar refractivity (Wildman–Crippen MR) is 52.7 cm³/mol. The van der Waals surface area contributed by atoms with Gasteiger partial charge in [0.2, 0.25) is 0 Å². The van der Waals surface area contributed by atoms with E-state index in [1.54, 1.807) is 0 Å². The molecule has 2 aliphatic heterocycles. The Morgan fingerprint density at radius 1 is 1.44 bits per heavy atom. The standard InChI is InChI=1S/C11H16F2O3/c1-4-6-7(5(2)3)8(14)9-11(12,13)16-10(6)15-9/h4-10,14H,1H2,2-3H3/t6-,7+,8-,9+,10+/m0/s1. The molecule has 0 aliphatic carbocycles. The number of rotatable bonds is 2. The molecule has 2 aliphatic rings. The molecule has 0 saturated carbocycles. The second-order valence-corrected chi connectivity index (χ2v) is 4.73. The molecule has 0 aromatic rings. The van der Waals surface area contributed by atoms with E-state index in [-0.39, 0.29) is 11.8 Å². The monoisotopic (exact) mass is 234 g/mol. The molecule has 0 unspecified atom stereocenters. The Bertz CT molecular complexity index is 293. The number of aliphatic hydroxyl groups is 1. The number of hydrogen-bond acceptors (Lipinski definition) is 3. The van der Waals surface area contributed by atoms with E-state index in [9.17, 15) is 13.9 Å². The average Bonchev–Trinajstić information content (AvgIpc) is 2.44. The first kappa shape index (κ1) is 12.0. The van der Waals surface area contributed by atoms with Crippen LogP contribution < -0.4 is 0 Å². The van der Waals surface area contributed by atoms with E-state index in [4.69, 9.17) is 4.74 Å². The number of hydrogen-bond donors (Lipinski definition) is 1. The van der Waals surface area contributed by atoms with Crippen LogP contribution in [0.25, 0.3) is 0 Å². The van der Waals surface area contributed by atoms with Crippen molar-refractivity contribution in [2.24, 2.45) is 17.8 Å². The summed E-state index contributed by atoms with van der Waals surface area (Å²) in [4.78, 5) is 0. The van der Waals surface area contributed by atoms with Crippen molar-refractivity contribution in [3.05, 3.63) is 12.7 Å². The molecule has 92 valence electrons. The maximum Gasteiger partial charge on any atom is 0.386 e. The van der Waals surface area contributed by atoms with Gasteiger partial charge in [0, 0.05) is 11.8 Å². The van der Waals surface area contributed by atoms with E-state index in [2.05, 4.69) is 11.3 Å². The lowest BCUT2D eigenvalue weighted by Crippen LogP contribution is -2.50. The fourth-order valence-electron chi connectivity index (χ4n) is 2.64. The third-order valence-electron chi connectivity index (χ3n) is 3.39. The van der Waals surface area contributed by atoms with Crippen LogP contribution in [-0.4, -0.2) is 29.7 Å². The molecule has 5 atom stereocenters. The van der Waals surface area contributed by atoms with Gasteiger partial charge in [0.05, 0.1) is 6.10 Å². The predicted octanol–water partition coefficient (Wildman–Crippen LogP) is 1.77. The van der Waals surface area contributed by atoms with Crippen molar-refractivity contribution in [2.75, 3.05) is 0 Å². The topological polar surface area (TPSA) is 38.7 Å². The summed E-state index contributed by atoms with van der Waals surface area (Å²) in [5.41, 5.74) is 0. The van der Waals surface area contributed by atoms with Crippen molar-refractivity contribution in [1.29, 1.82) is 0 Å². The van der Waals surface area contributed by atoms with Gasteiger partial charge in [-0.15, -0.1) is 6.58 Å². The Balaban J connectivity index is 2.33. The highest BCUT2D eigenvalue weighted by Crippen LogP contribution is 2.48. The first-order valence-corrected chi connectivity index (χ1v) is 5.40. The molecule has 16 heavy (non-hydrogen) atoms. The highest BCUT2D eigenvalue weighted by atomic mass is 19.3. The Morgan fingerprint density at radius 3 is 2.56 bits per heavy atom. The van der Waals surface area contributed by atoms with Gasteiger partial charge in [-0.2, -0.15) is 8.78 Å². The van der Waals surface area contributed by atoms with Crippen molar-refractivity contribution in [3.63, 3.8) is 0 Å². The zero-order valence-corrected chi connectivity index (χ0v) is 9.27. The number of aliphatic hydroxyl groups excluding tert-OH is 1. The van der Waals surface area contributed by atoms with E-state index in [0.717, 1.165) is 0 Å². The van der Waals surface area contributed by atoms with E-state index in [1.165, 1.54) is 6.08 Å². The molecule has 2 saturated heterocycles. The normalized spacial score (nSPS) is 46.0. The van der Waals surface area contributed by atoms with Gasteiger partial charge in [0.1, 0.15) is 0 Å².